The zero-order valence-electron chi connectivity index (χ0n) is 14.2. The molecule has 0 atom stereocenters. The molecule has 0 bridgehead atoms. The quantitative estimate of drug-likeness (QED) is 0.739. The summed E-state index contributed by atoms with van der Waals surface area (Å²) in [6.07, 6.45) is 1.78. The van der Waals surface area contributed by atoms with Crippen LogP contribution in [0.1, 0.15) is 22.5 Å². The first-order valence-corrected chi connectivity index (χ1v) is 7.95. The molecule has 24 heavy (non-hydrogen) atoms. The Balaban J connectivity index is 1.82. The summed E-state index contributed by atoms with van der Waals surface area (Å²) >= 11 is 0. The standard InChI is InChI=1S/C19H21N5/c1-13-8-4-5-10-17(13)23-18-14(2)15(3)22-19(24-18)21-12-16-9-6-7-11-20-16/h4-11H,12H2,1-3H3,(H2,21,22,23,24). The average Bonchev–Trinajstić information content (AvgIpc) is 2.60. The van der Waals surface area contributed by atoms with Crippen LogP contribution in [0.15, 0.2) is 48.7 Å². The van der Waals surface area contributed by atoms with Gasteiger partial charge in [-0.2, -0.15) is 4.98 Å². The van der Waals surface area contributed by atoms with E-state index < -0.39 is 0 Å². The van der Waals surface area contributed by atoms with Gasteiger partial charge in [0.1, 0.15) is 5.82 Å². The largest absolute Gasteiger partial charge is 0.349 e. The van der Waals surface area contributed by atoms with Crippen molar-refractivity contribution in [2.24, 2.45) is 0 Å². The van der Waals surface area contributed by atoms with Crippen molar-refractivity contribution in [3.8, 4) is 0 Å². The number of nitrogens with zero attached hydrogens (tertiary/aromatic N) is 3. The predicted molar refractivity (Wildman–Crippen MR) is 97.5 cm³/mol. The average molecular weight is 319 g/mol. The lowest BCUT2D eigenvalue weighted by Gasteiger charge is -2.14. The molecule has 0 fully saturated rings. The third-order valence-corrected chi connectivity index (χ3v) is 3.94. The van der Waals surface area contributed by atoms with Crippen LogP contribution in [-0.4, -0.2) is 15.0 Å². The lowest BCUT2D eigenvalue weighted by molar-refractivity contribution is 0.981. The molecule has 1 aromatic carbocycles. The van der Waals surface area contributed by atoms with E-state index in [9.17, 15) is 0 Å². The Kier molecular flexibility index (Phi) is 4.70. The summed E-state index contributed by atoms with van der Waals surface area (Å²) in [5.41, 5.74) is 5.17. The van der Waals surface area contributed by atoms with Crippen LogP contribution in [0.3, 0.4) is 0 Å². The number of anilines is 3. The van der Waals surface area contributed by atoms with Gasteiger partial charge in [-0.1, -0.05) is 24.3 Å². The van der Waals surface area contributed by atoms with Crippen molar-refractivity contribution in [1.82, 2.24) is 15.0 Å². The van der Waals surface area contributed by atoms with Crippen molar-refractivity contribution < 1.29 is 0 Å². The maximum Gasteiger partial charge on any atom is 0.225 e. The first-order chi connectivity index (χ1) is 11.6. The first-order valence-electron chi connectivity index (χ1n) is 7.95. The molecule has 5 heteroatoms. The SMILES string of the molecule is Cc1ccccc1Nc1nc(NCc2ccccn2)nc(C)c1C. The summed E-state index contributed by atoms with van der Waals surface area (Å²) in [7, 11) is 0. The van der Waals surface area contributed by atoms with Crippen LogP contribution in [0.4, 0.5) is 17.5 Å². The number of pyridine rings is 1. The highest BCUT2D eigenvalue weighted by Crippen LogP contribution is 2.23. The Morgan fingerprint density at radius 1 is 0.917 bits per heavy atom. The summed E-state index contributed by atoms with van der Waals surface area (Å²) < 4.78 is 0. The molecule has 0 radical (unpaired) electrons. The molecular formula is C19H21N5. The van der Waals surface area contributed by atoms with Crippen molar-refractivity contribution in [1.29, 1.82) is 0 Å². The van der Waals surface area contributed by atoms with Gasteiger partial charge >= 0.3 is 0 Å². The van der Waals surface area contributed by atoms with Crippen LogP contribution >= 0.6 is 0 Å². The third kappa shape index (κ3) is 3.68. The Hall–Kier alpha value is -2.95. The second-order valence-electron chi connectivity index (χ2n) is 5.72. The van der Waals surface area contributed by atoms with Crippen LogP contribution in [0, 0.1) is 20.8 Å². The number of aryl methyl sites for hydroxylation is 2. The molecule has 0 unspecified atom stereocenters. The number of hydrogen-bond acceptors (Lipinski definition) is 5. The van der Waals surface area contributed by atoms with E-state index in [1.165, 1.54) is 5.56 Å². The molecule has 0 aliphatic rings. The highest BCUT2D eigenvalue weighted by Gasteiger charge is 2.09. The highest BCUT2D eigenvalue weighted by atomic mass is 15.1. The van der Waals surface area contributed by atoms with Crippen molar-refractivity contribution in [3.63, 3.8) is 0 Å². The molecule has 3 rings (SSSR count). The Morgan fingerprint density at radius 3 is 2.46 bits per heavy atom. The van der Waals surface area contributed by atoms with E-state index >= 15 is 0 Å². The summed E-state index contributed by atoms with van der Waals surface area (Å²) in [5, 5.41) is 6.66. The van der Waals surface area contributed by atoms with Gasteiger partial charge in [0.2, 0.25) is 5.95 Å². The van der Waals surface area contributed by atoms with Gasteiger partial charge in [-0.05, 0) is 44.5 Å². The highest BCUT2D eigenvalue weighted by molar-refractivity contribution is 5.64. The number of rotatable bonds is 5. The van der Waals surface area contributed by atoms with E-state index in [2.05, 4.69) is 38.6 Å². The predicted octanol–water partition coefficient (Wildman–Crippen LogP) is 4.15. The van der Waals surface area contributed by atoms with Gasteiger partial charge in [0.05, 0.1) is 12.2 Å². The number of aromatic nitrogens is 3. The molecule has 2 heterocycles. The van der Waals surface area contributed by atoms with Crippen molar-refractivity contribution >= 4 is 17.5 Å². The minimum Gasteiger partial charge on any atom is -0.349 e. The number of benzene rings is 1. The van der Waals surface area contributed by atoms with Crippen molar-refractivity contribution in [3.05, 3.63) is 71.2 Å². The fraction of sp³-hybridized carbons (Fsp3) is 0.211. The summed E-state index contributed by atoms with van der Waals surface area (Å²) in [5.74, 6) is 1.42. The smallest absolute Gasteiger partial charge is 0.225 e. The molecule has 0 amide bonds. The molecule has 0 aliphatic carbocycles. The Bertz CT molecular complexity index is 830. The molecule has 2 aromatic heterocycles. The van der Waals surface area contributed by atoms with E-state index in [-0.39, 0.29) is 0 Å². The van der Waals surface area contributed by atoms with Gasteiger partial charge in [-0.25, -0.2) is 4.98 Å². The lowest BCUT2D eigenvalue weighted by Crippen LogP contribution is -2.09. The Morgan fingerprint density at radius 2 is 1.71 bits per heavy atom. The molecule has 0 saturated heterocycles. The number of para-hydroxylation sites is 1. The third-order valence-electron chi connectivity index (χ3n) is 3.94. The van der Waals surface area contributed by atoms with E-state index in [4.69, 9.17) is 0 Å². The van der Waals surface area contributed by atoms with Gasteiger partial charge in [-0.15, -0.1) is 0 Å². The Labute approximate surface area is 142 Å². The van der Waals surface area contributed by atoms with E-state index in [1.807, 2.05) is 50.2 Å². The van der Waals surface area contributed by atoms with Crippen LogP contribution in [0.2, 0.25) is 0 Å². The molecule has 122 valence electrons. The van der Waals surface area contributed by atoms with Gasteiger partial charge in [0, 0.05) is 23.1 Å². The summed E-state index contributed by atoms with van der Waals surface area (Å²) in [6.45, 7) is 6.68. The molecule has 3 aromatic rings. The van der Waals surface area contributed by atoms with Gasteiger partial charge in [0.25, 0.3) is 0 Å². The summed E-state index contributed by atoms with van der Waals surface area (Å²) in [4.78, 5) is 13.4. The van der Waals surface area contributed by atoms with Gasteiger partial charge in [-0.3, -0.25) is 4.98 Å². The minimum absolute atomic E-state index is 0.590. The second-order valence-corrected chi connectivity index (χ2v) is 5.72. The monoisotopic (exact) mass is 319 g/mol. The maximum atomic E-state index is 4.62. The van der Waals surface area contributed by atoms with Crippen LogP contribution in [-0.2, 0) is 6.54 Å². The van der Waals surface area contributed by atoms with E-state index in [0.29, 0.717) is 12.5 Å². The molecule has 5 nitrogen and oxygen atoms in total. The zero-order chi connectivity index (χ0) is 16.9. The number of hydrogen-bond donors (Lipinski definition) is 2. The van der Waals surface area contributed by atoms with Gasteiger partial charge in [0.15, 0.2) is 0 Å². The van der Waals surface area contributed by atoms with E-state index in [0.717, 1.165) is 28.5 Å². The van der Waals surface area contributed by atoms with Crippen LogP contribution in [0.25, 0.3) is 0 Å². The minimum atomic E-state index is 0.590. The topological polar surface area (TPSA) is 62.7 Å². The van der Waals surface area contributed by atoms with Gasteiger partial charge < -0.3 is 10.6 Å². The zero-order valence-corrected chi connectivity index (χ0v) is 14.2. The molecule has 0 aliphatic heterocycles. The molecule has 2 N–H and O–H groups in total. The molecular weight excluding hydrogens is 298 g/mol. The second kappa shape index (κ2) is 7.08. The van der Waals surface area contributed by atoms with Crippen molar-refractivity contribution in [2.75, 3.05) is 10.6 Å². The normalized spacial score (nSPS) is 10.5. The lowest BCUT2D eigenvalue weighted by atomic mass is 10.2. The fourth-order valence-electron chi connectivity index (χ4n) is 2.34. The fourth-order valence-corrected chi connectivity index (χ4v) is 2.34. The van der Waals surface area contributed by atoms with Crippen LogP contribution in [0.5, 0.6) is 0 Å². The first kappa shape index (κ1) is 15.9. The number of nitrogens with one attached hydrogen (secondary N) is 2. The molecule has 0 saturated carbocycles. The van der Waals surface area contributed by atoms with E-state index in [1.54, 1.807) is 6.20 Å². The summed E-state index contributed by atoms with van der Waals surface area (Å²) in [6, 6.07) is 14.0. The molecule has 0 spiro atoms. The van der Waals surface area contributed by atoms with Crippen molar-refractivity contribution in [2.45, 2.75) is 27.3 Å². The maximum absolute atomic E-state index is 4.62. The van der Waals surface area contributed by atoms with Crippen LogP contribution < -0.4 is 10.6 Å².